The van der Waals surface area contributed by atoms with E-state index in [2.05, 4.69) is 6.92 Å². The van der Waals surface area contributed by atoms with Crippen LogP contribution in [0.1, 0.15) is 49.7 Å². The summed E-state index contributed by atoms with van der Waals surface area (Å²) in [4.78, 5) is 0.267. The van der Waals surface area contributed by atoms with Crippen LogP contribution in [0.2, 0.25) is 0 Å². The SMILES string of the molecule is Cc1oc(C)c(S(=O)(=O)N(C)C2CCC(C)CC2)c1CN. The molecule has 0 atom stereocenters. The van der Waals surface area contributed by atoms with E-state index in [-0.39, 0.29) is 17.5 Å². The van der Waals surface area contributed by atoms with Crippen molar-refractivity contribution in [2.45, 2.75) is 63.9 Å². The molecule has 0 unspecified atom stereocenters. The summed E-state index contributed by atoms with van der Waals surface area (Å²) in [5, 5.41) is 0. The van der Waals surface area contributed by atoms with Crippen LogP contribution in [0.25, 0.3) is 0 Å². The number of nitrogens with two attached hydrogens (primary N) is 1. The van der Waals surface area contributed by atoms with Crippen LogP contribution in [0.3, 0.4) is 0 Å². The molecular weight excluding hydrogens is 288 g/mol. The molecule has 1 heterocycles. The van der Waals surface area contributed by atoms with E-state index < -0.39 is 10.0 Å². The van der Waals surface area contributed by atoms with Gasteiger partial charge < -0.3 is 10.2 Å². The molecule has 1 saturated carbocycles. The Hall–Kier alpha value is -0.850. The maximum Gasteiger partial charge on any atom is 0.246 e. The van der Waals surface area contributed by atoms with Crippen molar-refractivity contribution >= 4 is 10.0 Å². The Labute approximate surface area is 127 Å². The van der Waals surface area contributed by atoms with Crippen LogP contribution >= 0.6 is 0 Å². The van der Waals surface area contributed by atoms with Crippen molar-refractivity contribution in [2.75, 3.05) is 7.05 Å². The maximum absolute atomic E-state index is 12.9. The van der Waals surface area contributed by atoms with Gasteiger partial charge in [-0.3, -0.25) is 0 Å². The molecule has 1 aliphatic carbocycles. The molecule has 0 saturated heterocycles. The monoisotopic (exact) mass is 314 g/mol. The number of rotatable bonds is 4. The zero-order valence-corrected chi connectivity index (χ0v) is 14.2. The predicted molar refractivity (Wildman–Crippen MR) is 82.4 cm³/mol. The highest BCUT2D eigenvalue weighted by Gasteiger charge is 2.35. The highest BCUT2D eigenvalue weighted by atomic mass is 32.2. The summed E-state index contributed by atoms with van der Waals surface area (Å²) in [7, 11) is -1.87. The highest BCUT2D eigenvalue weighted by Crippen LogP contribution is 2.33. The molecule has 0 amide bonds. The van der Waals surface area contributed by atoms with Crippen molar-refractivity contribution in [3.63, 3.8) is 0 Å². The predicted octanol–water partition coefficient (Wildman–Crippen LogP) is 2.55. The molecule has 0 aromatic carbocycles. The summed E-state index contributed by atoms with van der Waals surface area (Å²) in [5.74, 6) is 1.72. The lowest BCUT2D eigenvalue weighted by Gasteiger charge is -2.32. The molecule has 1 aliphatic rings. The van der Waals surface area contributed by atoms with Crippen LogP contribution in [-0.2, 0) is 16.6 Å². The number of hydrogen-bond donors (Lipinski definition) is 1. The van der Waals surface area contributed by atoms with Gasteiger partial charge in [0.1, 0.15) is 16.4 Å². The largest absolute Gasteiger partial charge is 0.465 e. The van der Waals surface area contributed by atoms with Gasteiger partial charge in [0.15, 0.2) is 0 Å². The summed E-state index contributed by atoms with van der Waals surface area (Å²) in [6.45, 7) is 5.85. The fraction of sp³-hybridized carbons (Fsp3) is 0.733. The van der Waals surface area contributed by atoms with E-state index >= 15 is 0 Å². The van der Waals surface area contributed by atoms with E-state index in [0.29, 0.717) is 23.0 Å². The van der Waals surface area contributed by atoms with E-state index in [1.807, 2.05) is 0 Å². The minimum absolute atomic E-state index is 0.0754. The molecule has 1 fully saturated rings. The van der Waals surface area contributed by atoms with E-state index in [0.717, 1.165) is 25.7 Å². The lowest BCUT2D eigenvalue weighted by molar-refractivity contribution is 0.246. The maximum atomic E-state index is 12.9. The normalized spacial score (nSPS) is 23.7. The summed E-state index contributed by atoms with van der Waals surface area (Å²) in [6.07, 6.45) is 4.00. The fourth-order valence-electron chi connectivity index (χ4n) is 3.23. The number of aryl methyl sites for hydroxylation is 2. The van der Waals surface area contributed by atoms with Gasteiger partial charge in [0.25, 0.3) is 0 Å². The fourth-order valence-corrected chi connectivity index (χ4v) is 5.06. The molecule has 0 bridgehead atoms. The van der Waals surface area contributed by atoms with E-state index in [9.17, 15) is 8.42 Å². The first-order chi connectivity index (χ1) is 9.78. The van der Waals surface area contributed by atoms with Gasteiger partial charge in [-0.05, 0) is 45.4 Å². The summed E-state index contributed by atoms with van der Waals surface area (Å²) in [5.41, 5.74) is 6.32. The van der Waals surface area contributed by atoms with Gasteiger partial charge >= 0.3 is 0 Å². The van der Waals surface area contributed by atoms with Gasteiger partial charge in [-0.2, -0.15) is 4.31 Å². The van der Waals surface area contributed by atoms with Gasteiger partial charge in [0, 0.05) is 25.2 Å². The standard InChI is InChI=1S/C15H26N2O3S/c1-10-5-7-13(8-6-10)17(4)21(18,19)15-12(3)20-11(2)14(15)9-16/h10,13H,5-9,16H2,1-4H3. The van der Waals surface area contributed by atoms with Crippen molar-refractivity contribution in [1.82, 2.24) is 4.31 Å². The molecule has 1 aromatic heterocycles. The zero-order chi connectivity index (χ0) is 15.8. The molecular formula is C15H26N2O3S. The van der Waals surface area contributed by atoms with Crippen LogP contribution in [-0.4, -0.2) is 25.8 Å². The minimum atomic E-state index is -3.55. The first-order valence-electron chi connectivity index (χ1n) is 7.56. The molecule has 21 heavy (non-hydrogen) atoms. The van der Waals surface area contributed by atoms with Crippen molar-refractivity contribution in [1.29, 1.82) is 0 Å². The molecule has 120 valence electrons. The molecule has 0 radical (unpaired) electrons. The molecule has 5 nitrogen and oxygen atoms in total. The number of sulfonamides is 1. The van der Waals surface area contributed by atoms with E-state index in [4.69, 9.17) is 10.2 Å². The van der Waals surface area contributed by atoms with Gasteiger partial charge in [0.05, 0.1) is 0 Å². The molecule has 0 spiro atoms. The molecule has 0 aliphatic heterocycles. The Balaban J connectivity index is 2.34. The first-order valence-corrected chi connectivity index (χ1v) is 9.00. The van der Waals surface area contributed by atoms with Crippen molar-refractivity contribution < 1.29 is 12.8 Å². The number of hydrogen-bond acceptors (Lipinski definition) is 4. The van der Waals surface area contributed by atoms with Gasteiger partial charge in [0.2, 0.25) is 10.0 Å². The topological polar surface area (TPSA) is 76.5 Å². The Morgan fingerprint density at radius 1 is 1.19 bits per heavy atom. The van der Waals surface area contributed by atoms with Gasteiger partial charge in [-0.25, -0.2) is 8.42 Å². The van der Waals surface area contributed by atoms with Crippen molar-refractivity contribution in [3.05, 3.63) is 17.1 Å². The smallest absolute Gasteiger partial charge is 0.246 e. The Morgan fingerprint density at radius 2 is 1.76 bits per heavy atom. The van der Waals surface area contributed by atoms with Gasteiger partial charge in [-0.15, -0.1) is 0 Å². The third-order valence-electron chi connectivity index (χ3n) is 4.67. The second-order valence-corrected chi connectivity index (χ2v) is 8.10. The molecule has 6 heteroatoms. The zero-order valence-electron chi connectivity index (χ0n) is 13.3. The average molecular weight is 314 g/mol. The van der Waals surface area contributed by atoms with Crippen LogP contribution in [0.15, 0.2) is 9.31 Å². The first kappa shape index (κ1) is 16.5. The van der Waals surface area contributed by atoms with Crippen LogP contribution in [0, 0.1) is 19.8 Å². The van der Waals surface area contributed by atoms with Gasteiger partial charge in [-0.1, -0.05) is 6.92 Å². The lowest BCUT2D eigenvalue weighted by Crippen LogP contribution is -2.39. The second kappa shape index (κ2) is 6.10. The van der Waals surface area contributed by atoms with Crippen molar-refractivity contribution in [3.8, 4) is 0 Å². The number of nitrogens with zero attached hydrogens (tertiary/aromatic N) is 1. The quantitative estimate of drug-likeness (QED) is 0.926. The average Bonchev–Trinajstić information content (AvgIpc) is 2.73. The summed E-state index contributed by atoms with van der Waals surface area (Å²) >= 11 is 0. The van der Waals surface area contributed by atoms with Crippen molar-refractivity contribution in [2.24, 2.45) is 11.7 Å². The third kappa shape index (κ3) is 3.03. The van der Waals surface area contributed by atoms with E-state index in [1.54, 1.807) is 20.9 Å². The van der Waals surface area contributed by atoms with Crippen LogP contribution in [0.4, 0.5) is 0 Å². The van der Waals surface area contributed by atoms with Crippen LogP contribution in [0.5, 0.6) is 0 Å². The molecule has 2 N–H and O–H groups in total. The highest BCUT2D eigenvalue weighted by molar-refractivity contribution is 7.89. The Bertz CT molecular complexity index is 599. The minimum Gasteiger partial charge on any atom is -0.465 e. The number of furan rings is 1. The van der Waals surface area contributed by atoms with E-state index in [1.165, 1.54) is 4.31 Å². The third-order valence-corrected chi connectivity index (χ3v) is 6.77. The summed E-state index contributed by atoms with van der Waals surface area (Å²) in [6, 6.07) is 0.0754. The molecule has 2 rings (SSSR count). The lowest BCUT2D eigenvalue weighted by atomic mass is 9.87. The Kier molecular flexibility index (Phi) is 4.80. The second-order valence-electron chi connectivity index (χ2n) is 6.16. The Morgan fingerprint density at radius 3 is 2.29 bits per heavy atom. The van der Waals surface area contributed by atoms with Crippen LogP contribution < -0.4 is 5.73 Å². The molecule has 1 aromatic rings. The summed E-state index contributed by atoms with van der Waals surface area (Å²) < 4.78 is 32.9.